The summed E-state index contributed by atoms with van der Waals surface area (Å²) in [5.74, 6) is 0.169. The molecule has 10 nitrogen and oxygen atoms in total. The number of nitriles is 4. The van der Waals surface area contributed by atoms with Crippen molar-refractivity contribution in [2.45, 2.75) is 114 Å². The maximum atomic E-state index is 12.1. The predicted octanol–water partition coefficient (Wildman–Crippen LogP) is 8.54. The molecule has 0 saturated heterocycles. The van der Waals surface area contributed by atoms with Crippen molar-refractivity contribution >= 4 is 33.5 Å². The lowest BCUT2D eigenvalue weighted by atomic mass is 10.0. The van der Waals surface area contributed by atoms with Crippen LogP contribution in [0.4, 0.5) is 0 Å². The molecule has 12 heteroatoms. The molecule has 3 N–H and O–H groups in total. The highest BCUT2D eigenvalue weighted by molar-refractivity contribution is 7.85. The summed E-state index contributed by atoms with van der Waals surface area (Å²) >= 11 is 0. The summed E-state index contributed by atoms with van der Waals surface area (Å²) in [6.45, 7) is 11.6. The van der Waals surface area contributed by atoms with Gasteiger partial charge in [-0.3, -0.25) is 4.79 Å². The number of hydrogen-bond acceptors (Lipinski definition) is 8. The Labute approximate surface area is 359 Å². The zero-order valence-electron chi connectivity index (χ0n) is 35.1. The van der Waals surface area contributed by atoms with Crippen LogP contribution in [0.5, 0.6) is 0 Å². The van der Waals surface area contributed by atoms with Gasteiger partial charge in [0, 0.05) is 29.6 Å². The van der Waals surface area contributed by atoms with E-state index in [4.69, 9.17) is 26.8 Å². The maximum absolute atomic E-state index is 12.1. The Hall–Kier alpha value is -5.60. The Morgan fingerprint density at radius 2 is 1.07 bits per heavy atom. The third kappa shape index (κ3) is 10.6. The molecule has 0 amide bonds. The molecule has 0 radical (unpaired) electrons. The lowest BCUT2D eigenvalue weighted by molar-refractivity contribution is 0.0994. The Morgan fingerprint density at radius 1 is 0.600 bits per heavy atom. The molecule has 4 aliphatic rings. The van der Waals surface area contributed by atoms with E-state index in [2.05, 4.69) is 33.4 Å². The highest BCUT2D eigenvalue weighted by Gasteiger charge is 2.30. The number of nitrogens with two attached hydrogens (primary N) is 1. The molecule has 4 atom stereocenters. The van der Waals surface area contributed by atoms with Crippen molar-refractivity contribution < 1.29 is 13.2 Å². The molecule has 0 heterocycles. The molecule has 0 bridgehead atoms. The van der Waals surface area contributed by atoms with Gasteiger partial charge in [0.2, 0.25) is 0 Å². The van der Waals surface area contributed by atoms with E-state index in [0.717, 1.165) is 106 Å². The lowest BCUT2D eigenvalue weighted by Crippen LogP contribution is -2.35. The summed E-state index contributed by atoms with van der Waals surface area (Å²) in [4.78, 5) is 11.2. The van der Waals surface area contributed by atoms with E-state index in [1.165, 1.54) is 0 Å². The first-order valence-electron chi connectivity index (χ1n) is 20.1. The van der Waals surface area contributed by atoms with Gasteiger partial charge in [-0.25, -0.2) is 13.1 Å². The number of ketones is 1. The van der Waals surface area contributed by atoms with Crippen LogP contribution in [0.25, 0.3) is 0 Å². The highest BCUT2D eigenvalue weighted by Crippen LogP contribution is 2.34. The van der Waals surface area contributed by atoms with E-state index < -0.39 is 22.0 Å². The van der Waals surface area contributed by atoms with E-state index in [-0.39, 0.29) is 27.4 Å². The normalized spacial score (nSPS) is 18.4. The molecule has 4 aromatic carbocycles. The molecule has 0 fully saturated rings. The van der Waals surface area contributed by atoms with Crippen molar-refractivity contribution in [1.29, 1.82) is 21.0 Å². The minimum Gasteiger partial charge on any atom is -0.324 e. The van der Waals surface area contributed by atoms with Gasteiger partial charge in [0.25, 0.3) is 0 Å². The first kappa shape index (κ1) is 45.5. The number of Topliss-reactive ketones (excluding diaryl/α,β-unsaturated/α-hetero) is 1. The molecular formula is C48H51N7O3S2. The molecule has 8 rings (SSSR count). The SMILES string of the molecule is CC(C)(C)[S@](=O)N=C1CCc2c(C#N)cccc21.CC(C)(C)[S@](=O)N[C@H]1CCc2c(C#N)cccc21.N#Cc1cccc2c1CCC2=O.N#Cc1cccc2c1CC[C@@H]2N. The van der Waals surface area contributed by atoms with E-state index >= 15 is 0 Å². The fourth-order valence-electron chi connectivity index (χ4n) is 7.52. The fraction of sp³-hybridized carbons (Fsp3) is 0.375. The number of rotatable bonds is 3. The average molecular weight is 838 g/mol. The summed E-state index contributed by atoms with van der Waals surface area (Å²) in [5.41, 5.74) is 17.9. The summed E-state index contributed by atoms with van der Waals surface area (Å²) in [6, 6.07) is 31.5. The van der Waals surface area contributed by atoms with Gasteiger partial charge < -0.3 is 5.73 Å². The van der Waals surface area contributed by atoms with Crippen LogP contribution in [0.1, 0.15) is 151 Å². The molecule has 4 aromatic rings. The second-order valence-electron chi connectivity index (χ2n) is 16.9. The Morgan fingerprint density at radius 3 is 1.62 bits per heavy atom. The smallest absolute Gasteiger partial charge is 0.163 e. The van der Waals surface area contributed by atoms with Crippen molar-refractivity contribution in [3.05, 3.63) is 140 Å². The predicted molar refractivity (Wildman–Crippen MR) is 237 cm³/mol. The molecule has 0 aromatic heterocycles. The molecular weight excluding hydrogens is 787 g/mol. The molecule has 4 aliphatic carbocycles. The Bertz CT molecular complexity index is 2540. The molecule has 0 unspecified atom stereocenters. The second-order valence-corrected chi connectivity index (χ2v) is 20.8. The van der Waals surface area contributed by atoms with Crippen molar-refractivity contribution in [2.24, 2.45) is 10.1 Å². The van der Waals surface area contributed by atoms with Crippen LogP contribution < -0.4 is 10.5 Å². The van der Waals surface area contributed by atoms with E-state index in [1.807, 2.05) is 96.1 Å². The third-order valence-electron chi connectivity index (χ3n) is 10.8. The second kappa shape index (κ2) is 19.6. The van der Waals surface area contributed by atoms with Crippen molar-refractivity contribution in [3.63, 3.8) is 0 Å². The van der Waals surface area contributed by atoms with Crippen LogP contribution in [-0.4, -0.2) is 29.4 Å². The molecule has 60 heavy (non-hydrogen) atoms. The Kier molecular flexibility index (Phi) is 14.9. The zero-order valence-corrected chi connectivity index (χ0v) is 36.7. The lowest BCUT2D eigenvalue weighted by Gasteiger charge is -2.22. The van der Waals surface area contributed by atoms with E-state index in [0.29, 0.717) is 17.5 Å². The number of carbonyl (C=O) groups excluding carboxylic acids is 1. The van der Waals surface area contributed by atoms with Crippen LogP contribution in [0.2, 0.25) is 0 Å². The van der Waals surface area contributed by atoms with Crippen molar-refractivity contribution in [3.8, 4) is 24.3 Å². The van der Waals surface area contributed by atoms with Crippen LogP contribution in [-0.2, 0) is 47.7 Å². The number of benzene rings is 4. The van der Waals surface area contributed by atoms with Crippen LogP contribution in [0.3, 0.4) is 0 Å². The highest BCUT2D eigenvalue weighted by atomic mass is 32.2. The van der Waals surface area contributed by atoms with Gasteiger partial charge in [0.15, 0.2) is 5.78 Å². The van der Waals surface area contributed by atoms with E-state index in [1.54, 1.807) is 18.2 Å². The molecule has 308 valence electrons. The van der Waals surface area contributed by atoms with Crippen LogP contribution >= 0.6 is 0 Å². The van der Waals surface area contributed by atoms with Gasteiger partial charge in [-0.05, 0) is 144 Å². The van der Waals surface area contributed by atoms with Crippen molar-refractivity contribution in [1.82, 2.24) is 4.72 Å². The zero-order chi connectivity index (χ0) is 43.8. The van der Waals surface area contributed by atoms with Gasteiger partial charge in [-0.2, -0.15) is 25.4 Å². The first-order valence-corrected chi connectivity index (χ1v) is 22.3. The standard InChI is InChI=1S/C14H18N2OS.C14H16N2OS.C10H10N2.C10H7NO/c2*1-14(2,3)18(17)16-13-8-7-11-10(9-15)5-4-6-12(11)13;2*11-6-7-2-1-3-9-8(7)4-5-10(9)12/h4-6,13,16H,7-8H2,1-3H3;4-6H,7-8H2,1-3H3;1-3,10H,4-5,12H2;1-3H,4-5H2/t13-,18-;18-;10-;/m000./s1. The topological polar surface area (TPSA) is 197 Å². The van der Waals surface area contributed by atoms with E-state index in [9.17, 15) is 13.2 Å². The monoisotopic (exact) mass is 837 g/mol. The largest absolute Gasteiger partial charge is 0.324 e. The van der Waals surface area contributed by atoms with Crippen molar-refractivity contribution in [2.75, 3.05) is 0 Å². The van der Waals surface area contributed by atoms with Gasteiger partial charge in [-0.1, -0.05) is 48.5 Å². The number of fused-ring (bicyclic) bond motifs is 4. The summed E-state index contributed by atoms with van der Waals surface area (Å²) in [7, 11) is -2.31. The molecule has 0 spiro atoms. The maximum Gasteiger partial charge on any atom is 0.163 e. The van der Waals surface area contributed by atoms with Crippen LogP contribution in [0.15, 0.2) is 77.2 Å². The van der Waals surface area contributed by atoms with Gasteiger partial charge >= 0.3 is 0 Å². The minimum atomic E-state index is -1.24. The number of hydrogen-bond donors (Lipinski definition) is 2. The third-order valence-corrected chi connectivity index (χ3v) is 13.8. The first-order chi connectivity index (χ1) is 28.5. The number of carbonyl (C=O) groups is 1. The number of nitrogens with zero attached hydrogens (tertiary/aromatic N) is 5. The summed E-state index contributed by atoms with van der Waals surface area (Å²) < 4.78 is 31.1. The minimum absolute atomic E-state index is 0.105. The summed E-state index contributed by atoms with van der Waals surface area (Å²) in [5, 5.41) is 35.6. The van der Waals surface area contributed by atoms with Gasteiger partial charge in [0.05, 0.1) is 72.7 Å². The molecule has 0 aliphatic heterocycles. The van der Waals surface area contributed by atoms with Gasteiger partial charge in [0.1, 0.15) is 11.0 Å². The summed E-state index contributed by atoms with van der Waals surface area (Å²) in [6.07, 6.45) is 6.63. The Balaban J connectivity index is 0.000000154. The number of nitrogens with one attached hydrogen (secondary N) is 1. The fourth-order valence-corrected chi connectivity index (χ4v) is 9.04. The molecule has 0 saturated carbocycles. The quantitative estimate of drug-likeness (QED) is 0.205. The van der Waals surface area contributed by atoms with Crippen LogP contribution in [0, 0.1) is 45.3 Å². The average Bonchev–Trinajstić information content (AvgIpc) is 4.03. The van der Waals surface area contributed by atoms with Gasteiger partial charge in [-0.15, -0.1) is 0 Å².